The lowest BCUT2D eigenvalue weighted by atomic mass is 9.95. The van der Waals surface area contributed by atoms with Crippen molar-refractivity contribution in [2.75, 3.05) is 0 Å². The van der Waals surface area contributed by atoms with E-state index in [1.54, 1.807) is 0 Å². The maximum Gasteiger partial charge on any atom is 0.160 e. The van der Waals surface area contributed by atoms with E-state index >= 15 is 0 Å². The quantitative estimate of drug-likeness (QED) is 0.365. The third-order valence-electron chi connectivity index (χ3n) is 5.63. The van der Waals surface area contributed by atoms with E-state index in [1.165, 1.54) is 38.9 Å². The van der Waals surface area contributed by atoms with Crippen LogP contribution in [0.15, 0.2) is 60.7 Å². The third-order valence-corrected chi connectivity index (χ3v) is 5.63. The van der Waals surface area contributed by atoms with Gasteiger partial charge in [-0.2, -0.15) is 0 Å². The van der Waals surface area contributed by atoms with Gasteiger partial charge in [0.05, 0.1) is 11.4 Å². The standard InChI is InChI=1S/C28H28N2/c1-17-12-19(3)26(20(4)13-17)25-16-24(23-10-8-7-9-11-23)29-28(30-25)27-21(5)14-18(2)15-22(27)6/h7-16H,1-6H3. The number of rotatable bonds is 3. The van der Waals surface area contributed by atoms with E-state index in [2.05, 4.69) is 96.1 Å². The molecule has 0 saturated carbocycles. The first kappa shape index (κ1) is 20.0. The number of aromatic nitrogens is 2. The van der Waals surface area contributed by atoms with Gasteiger partial charge in [-0.15, -0.1) is 0 Å². The van der Waals surface area contributed by atoms with Gasteiger partial charge < -0.3 is 0 Å². The molecule has 0 radical (unpaired) electrons. The van der Waals surface area contributed by atoms with Crippen molar-refractivity contribution >= 4 is 0 Å². The summed E-state index contributed by atoms with van der Waals surface area (Å²) in [6, 6.07) is 21.4. The number of hydrogen-bond donors (Lipinski definition) is 0. The highest BCUT2D eigenvalue weighted by Gasteiger charge is 2.16. The highest BCUT2D eigenvalue weighted by atomic mass is 14.9. The molecule has 1 aromatic heterocycles. The van der Waals surface area contributed by atoms with E-state index in [0.29, 0.717) is 0 Å². The van der Waals surface area contributed by atoms with Gasteiger partial charge in [0.2, 0.25) is 0 Å². The summed E-state index contributed by atoms with van der Waals surface area (Å²) in [5.74, 6) is 0.792. The van der Waals surface area contributed by atoms with Crippen LogP contribution in [0, 0.1) is 41.5 Å². The van der Waals surface area contributed by atoms with Crippen LogP contribution in [0.1, 0.15) is 33.4 Å². The monoisotopic (exact) mass is 392 g/mol. The van der Waals surface area contributed by atoms with Gasteiger partial charge in [0.1, 0.15) is 0 Å². The van der Waals surface area contributed by atoms with Crippen LogP contribution in [0.3, 0.4) is 0 Å². The molecule has 4 rings (SSSR count). The van der Waals surface area contributed by atoms with Crippen molar-refractivity contribution in [1.82, 2.24) is 9.97 Å². The molecule has 0 aliphatic heterocycles. The van der Waals surface area contributed by atoms with Crippen molar-refractivity contribution in [3.05, 3.63) is 94.0 Å². The summed E-state index contributed by atoms with van der Waals surface area (Å²) >= 11 is 0. The van der Waals surface area contributed by atoms with Crippen molar-refractivity contribution in [2.45, 2.75) is 41.5 Å². The van der Waals surface area contributed by atoms with Crippen LogP contribution < -0.4 is 0 Å². The van der Waals surface area contributed by atoms with Gasteiger partial charge in [0.25, 0.3) is 0 Å². The molecule has 0 aliphatic rings. The Morgan fingerprint density at radius 1 is 0.500 bits per heavy atom. The summed E-state index contributed by atoms with van der Waals surface area (Å²) in [4.78, 5) is 10.1. The van der Waals surface area contributed by atoms with Crippen LogP contribution in [0.2, 0.25) is 0 Å². The van der Waals surface area contributed by atoms with E-state index < -0.39 is 0 Å². The first-order valence-corrected chi connectivity index (χ1v) is 10.4. The van der Waals surface area contributed by atoms with E-state index in [4.69, 9.17) is 9.97 Å². The molecule has 3 aromatic carbocycles. The Morgan fingerprint density at radius 2 is 0.967 bits per heavy atom. The molecule has 4 aromatic rings. The van der Waals surface area contributed by atoms with Gasteiger partial charge in [-0.05, 0) is 69.9 Å². The fourth-order valence-corrected chi connectivity index (χ4v) is 4.56. The molecule has 2 nitrogen and oxygen atoms in total. The normalized spacial score (nSPS) is 11.0. The molecule has 0 bridgehead atoms. The number of aryl methyl sites for hydroxylation is 6. The second-order valence-corrected chi connectivity index (χ2v) is 8.38. The summed E-state index contributed by atoms with van der Waals surface area (Å²) in [6.45, 7) is 12.9. The Labute approximate surface area is 179 Å². The second kappa shape index (κ2) is 7.87. The van der Waals surface area contributed by atoms with Gasteiger partial charge >= 0.3 is 0 Å². The zero-order valence-corrected chi connectivity index (χ0v) is 18.7. The van der Waals surface area contributed by atoms with Crippen LogP contribution in [-0.4, -0.2) is 9.97 Å². The van der Waals surface area contributed by atoms with Crippen molar-refractivity contribution in [2.24, 2.45) is 0 Å². The SMILES string of the molecule is Cc1cc(C)c(-c2cc(-c3ccccc3)nc(-c3c(C)cc(C)cc3C)n2)c(C)c1. The van der Waals surface area contributed by atoms with E-state index in [1.807, 2.05) is 6.07 Å². The van der Waals surface area contributed by atoms with E-state index in [-0.39, 0.29) is 0 Å². The summed E-state index contributed by atoms with van der Waals surface area (Å²) < 4.78 is 0. The minimum Gasteiger partial charge on any atom is -0.228 e. The largest absolute Gasteiger partial charge is 0.228 e. The van der Waals surface area contributed by atoms with Crippen molar-refractivity contribution in [3.8, 4) is 33.9 Å². The molecule has 30 heavy (non-hydrogen) atoms. The topological polar surface area (TPSA) is 25.8 Å². The zero-order chi connectivity index (χ0) is 21.4. The molecule has 0 fully saturated rings. The molecule has 150 valence electrons. The van der Waals surface area contributed by atoms with Gasteiger partial charge in [-0.3, -0.25) is 0 Å². The number of benzene rings is 3. The molecule has 0 aliphatic carbocycles. The highest BCUT2D eigenvalue weighted by molar-refractivity contribution is 5.76. The Hall–Kier alpha value is -3.26. The average molecular weight is 393 g/mol. The average Bonchev–Trinajstić information content (AvgIpc) is 2.67. The smallest absolute Gasteiger partial charge is 0.160 e. The molecule has 0 atom stereocenters. The molecule has 2 heteroatoms. The summed E-state index contributed by atoms with van der Waals surface area (Å²) in [7, 11) is 0. The van der Waals surface area contributed by atoms with Crippen LogP contribution in [-0.2, 0) is 0 Å². The van der Waals surface area contributed by atoms with Gasteiger partial charge in [0, 0.05) is 16.7 Å². The first-order valence-electron chi connectivity index (χ1n) is 10.4. The predicted octanol–water partition coefficient (Wildman–Crippen LogP) is 7.33. The van der Waals surface area contributed by atoms with E-state index in [0.717, 1.165) is 28.3 Å². The molecule has 0 N–H and O–H groups in total. The highest BCUT2D eigenvalue weighted by Crippen LogP contribution is 2.33. The van der Waals surface area contributed by atoms with Gasteiger partial charge in [-0.25, -0.2) is 9.97 Å². The van der Waals surface area contributed by atoms with Crippen molar-refractivity contribution in [1.29, 1.82) is 0 Å². The zero-order valence-electron chi connectivity index (χ0n) is 18.7. The van der Waals surface area contributed by atoms with Crippen LogP contribution in [0.4, 0.5) is 0 Å². The fourth-order valence-electron chi connectivity index (χ4n) is 4.56. The Bertz CT molecular complexity index is 1120. The molecule has 0 saturated heterocycles. The minimum absolute atomic E-state index is 0.792. The lowest BCUT2D eigenvalue weighted by Gasteiger charge is -2.16. The predicted molar refractivity (Wildman–Crippen MR) is 127 cm³/mol. The maximum atomic E-state index is 5.09. The molecular formula is C28H28N2. The minimum atomic E-state index is 0.792. The third kappa shape index (κ3) is 3.78. The number of nitrogens with zero attached hydrogens (tertiary/aromatic N) is 2. The summed E-state index contributed by atoms with van der Waals surface area (Å²) in [5.41, 5.74) is 12.8. The van der Waals surface area contributed by atoms with Crippen LogP contribution in [0.25, 0.3) is 33.9 Å². The van der Waals surface area contributed by atoms with Crippen LogP contribution >= 0.6 is 0 Å². The fraction of sp³-hybridized carbons (Fsp3) is 0.214. The summed E-state index contributed by atoms with van der Waals surface area (Å²) in [5, 5.41) is 0. The Balaban J connectivity index is 2.03. The lowest BCUT2D eigenvalue weighted by Crippen LogP contribution is -2.01. The summed E-state index contributed by atoms with van der Waals surface area (Å²) in [6.07, 6.45) is 0. The second-order valence-electron chi connectivity index (χ2n) is 8.38. The van der Waals surface area contributed by atoms with Gasteiger partial charge in [0.15, 0.2) is 5.82 Å². The van der Waals surface area contributed by atoms with Gasteiger partial charge in [-0.1, -0.05) is 65.7 Å². The lowest BCUT2D eigenvalue weighted by molar-refractivity contribution is 1.15. The molecule has 0 spiro atoms. The first-order chi connectivity index (χ1) is 14.3. The van der Waals surface area contributed by atoms with Crippen LogP contribution in [0.5, 0.6) is 0 Å². The molecular weight excluding hydrogens is 364 g/mol. The van der Waals surface area contributed by atoms with E-state index in [9.17, 15) is 0 Å². The maximum absolute atomic E-state index is 5.09. The molecule has 1 heterocycles. The molecule has 0 unspecified atom stereocenters. The van der Waals surface area contributed by atoms with Crippen molar-refractivity contribution in [3.63, 3.8) is 0 Å². The van der Waals surface area contributed by atoms with Crippen molar-refractivity contribution < 1.29 is 0 Å². The molecule has 0 amide bonds. The number of hydrogen-bond acceptors (Lipinski definition) is 2. The Kier molecular flexibility index (Phi) is 5.26. The Morgan fingerprint density at radius 3 is 1.50 bits per heavy atom.